The molecule has 0 saturated carbocycles. The molecule has 0 aliphatic carbocycles. The first-order valence-electron chi connectivity index (χ1n) is 11.3. The number of hydrogen-bond acceptors (Lipinski definition) is 4. The van der Waals surface area contributed by atoms with Gasteiger partial charge >= 0.3 is 0 Å². The van der Waals surface area contributed by atoms with E-state index in [0.717, 1.165) is 19.0 Å². The van der Waals surface area contributed by atoms with Crippen molar-refractivity contribution in [2.75, 3.05) is 37.4 Å². The predicted octanol–water partition coefficient (Wildman–Crippen LogP) is 4.63. The lowest BCUT2D eigenvalue weighted by Gasteiger charge is -2.40. The smallest absolute Gasteiger partial charge is 0.261 e. The minimum absolute atomic E-state index is 0.203. The zero-order valence-electron chi connectivity index (χ0n) is 18.0. The molecule has 0 spiro atoms. The van der Waals surface area contributed by atoms with E-state index in [2.05, 4.69) is 14.5 Å². The van der Waals surface area contributed by atoms with Gasteiger partial charge in [-0.2, -0.15) is 0 Å². The molecule has 31 heavy (non-hydrogen) atoms. The number of halogens is 1. The number of anilines is 1. The molecule has 0 bridgehead atoms. The Kier molecular flexibility index (Phi) is 7.54. The molecule has 2 aliphatic heterocycles. The van der Waals surface area contributed by atoms with Crippen LogP contribution in [0, 0.1) is 0 Å². The molecule has 1 N–H and O–H groups in total. The highest BCUT2D eigenvalue weighted by Crippen LogP contribution is 2.22. The van der Waals surface area contributed by atoms with Crippen molar-refractivity contribution in [2.45, 2.75) is 49.5 Å². The standard InChI is InChI=1S/C24H32ClN3O2S/c25-21-6-10-24(11-7-21)31(29,30)26-22-8-4-20(5-9-22)12-17-27-18-13-23(14-19-27)28-15-2-1-3-16-28/h4-11,23,26H,1-3,12-19H2. The summed E-state index contributed by atoms with van der Waals surface area (Å²) >= 11 is 5.85. The SMILES string of the molecule is O=S(=O)(Nc1ccc(CCN2CCC(N3CCCCC3)CC2)cc1)c1ccc(Cl)cc1. The van der Waals surface area contributed by atoms with Gasteiger partial charge < -0.3 is 9.80 Å². The Bertz CT molecular complexity index is 934. The zero-order chi connectivity index (χ0) is 21.7. The van der Waals surface area contributed by atoms with Crippen LogP contribution in [0.5, 0.6) is 0 Å². The number of hydrogen-bond donors (Lipinski definition) is 1. The molecular formula is C24H32ClN3O2S. The Balaban J connectivity index is 1.24. The van der Waals surface area contributed by atoms with Gasteiger partial charge in [-0.3, -0.25) is 4.72 Å². The van der Waals surface area contributed by atoms with Gasteiger partial charge in [-0.15, -0.1) is 0 Å². The highest BCUT2D eigenvalue weighted by molar-refractivity contribution is 7.92. The summed E-state index contributed by atoms with van der Waals surface area (Å²) in [6.07, 6.45) is 7.68. The van der Waals surface area contributed by atoms with E-state index in [0.29, 0.717) is 10.7 Å². The van der Waals surface area contributed by atoms with Crippen molar-refractivity contribution in [1.29, 1.82) is 0 Å². The van der Waals surface area contributed by atoms with Crippen molar-refractivity contribution in [1.82, 2.24) is 9.80 Å². The zero-order valence-corrected chi connectivity index (χ0v) is 19.5. The molecule has 7 heteroatoms. The summed E-state index contributed by atoms with van der Waals surface area (Å²) in [6, 6.07) is 14.7. The third-order valence-corrected chi connectivity index (χ3v) is 8.16. The minimum atomic E-state index is -3.61. The monoisotopic (exact) mass is 461 g/mol. The van der Waals surface area contributed by atoms with Crippen molar-refractivity contribution in [3.63, 3.8) is 0 Å². The molecule has 168 valence electrons. The van der Waals surface area contributed by atoms with E-state index in [-0.39, 0.29) is 4.90 Å². The lowest BCUT2D eigenvalue weighted by atomic mass is 9.99. The molecule has 2 aromatic carbocycles. The molecular weight excluding hydrogens is 430 g/mol. The average molecular weight is 462 g/mol. The van der Waals surface area contributed by atoms with Crippen LogP contribution in [0.25, 0.3) is 0 Å². The molecule has 0 amide bonds. The second-order valence-corrected chi connectivity index (χ2v) is 10.8. The number of rotatable bonds is 7. The molecule has 0 atom stereocenters. The number of nitrogens with one attached hydrogen (secondary N) is 1. The van der Waals surface area contributed by atoms with Gasteiger partial charge in [0.1, 0.15) is 0 Å². The summed E-state index contributed by atoms with van der Waals surface area (Å²) in [5.74, 6) is 0. The average Bonchev–Trinajstić information content (AvgIpc) is 2.80. The number of benzene rings is 2. The van der Waals surface area contributed by atoms with Crippen molar-refractivity contribution in [3.8, 4) is 0 Å². The van der Waals surface area contributed by atoms with Crippen LogP contribution in [0.3, 0.4) is 0 Å². The van der Waals surface area contributed by atoms with E-state index in [4.69, 9.17) is 11.6 Å². The van der Waals surface area contributed by atoms with Crippen LogP contribution < -0.4 is 4.72 Å². The maximum Gasteiger partial charge on any atom is 0.261 e. The van der Waals surface area contributed by atoms with Crippen LogP contribution in [0.2, 0.25) is 5.02 Å². The van der Waals surface area contributed by atoms with Gasteiger partial charge in [0, 0.05) is 23.3 Å². The maximum absolute atomic E-state index is 12.5. The first-order chi connectivity index (χ1) is 15.0. The van der Waals surface area contributed by atoms with E-state index in [9.17, 15) is 8.42 Å². The second kappa shape index (κ2) is 10.3. The molecule has 2 aliphatic rings. The highest BCUT2D eigenvalue weighted by atomic mass is 35.5. The molecule has 0 unspecified atom stereocenters. The number of piperidine rings is 2. The van der Waals surface area contributed by atoms with Gasteiger partial charge in [0.05, 0.1) is 4.90 Å². The van der Waals surface area contributed by atoms with Crippen LogP contribution in [-0.2, 0) is 16.4 Å². The molecule has 5 nitrogen and oxygen atoms in total. The fourth-order valence-corrected chi connectivity index (χ4v) is 5.83. The molecule has 2 heterocycles. The van der Waals surface area contributed by atoms with Gasteiger partial charge in [-0.1, -0.05) is 30.2 Å². The Morgan fingerprint density at radius 1 is 0.871 bits per heavy atom. The third-order valence-electron chi connectivity index (χ3n) is 6.51. The van der Waals surface area contributed by atoms with Crippen molar-refractivity contribution >= 4 is 27.3 Å². The lowest BCUT2D eigenvalue weighted by Crippen LogP contribution is -2.47. The van der Waals surface area contributed by atoms with Crippen molar-refractivity contribution in [3.05, 3.63) is 59.1 Å². The minimum Gasteiger partial charge on any atom is -0.303 e. The van der Waals surface area contributed by atoms with Crippen LogP contribution in [0.4, 0.5) is 5.69 Å². The van der Waals surface area contributed by atoms with Crippen LogP contribution in [-0.4, -0.2) is 57.0 Å². The predicted molar refractivity (Wildman–Crippen MR) is 127 cm³/mol. The Morgan fingerprint density at radius 2 is 1.52 bits per heavy atom. The van der Waals surface area contributed by atoms with Crippen molar-refractivity contribution in [2.24, 2.45) is 0 Å². The van der Waals surface area contributed by atoms with Crippen LogP contribution in [0.1, 0.15) is 37.7 Å². The Hall–Kier alpha value is -1.60. The molecule has 0 aromatic heterocycles. The largest absolute Gasteiger partial charge is 0.303 e. The summed E-state index contributed by atoms with van der Waals surface area (Å²) in [4.78, 5) is 5.48. The fraction of sp³-hybridized carbons (Fsp3) is 0.500. The third kappa shape index (κ3) is 6.22. The van der Waals surface area contributed by atoms with E-state index >= 15 is 0 Å². The lowest BCUT2D eigenvalue weighted by molar-refractivity contribution is 0.0931. The summed E-state index contributed by atoms with van der Waals surface area (Å²) in [5, 5.41) is 0.513. The number of sulfonamides is 1. The highest BCUT2D eigenvalue weighted by Gasteiger charge is 2.25. The first-order valence-corrected chi connectivity index (χ1v) is 13.2. The summed E-state index contributed by atoms with van der Waals surface area (Å²) in [6.45, 7) is 6.00. The molecule has 2 fully saturated rings. The van der Waals surface area contributed by atoms with Gasteiger partial charge in [0.15, 0.2) is 0 Å². The maximum atomic E-state index is 12.5. The second-order valence-electron chi connectivity index (χ2n) is 8.68. The van der Waals surface area contributed by atoms with Gasteiger partial charge in [-0.25, -0.2) is 8.42 Å². The van der Waals surface area contributed by atoms with Gasteiger partial charge in [0.25, 0.3) is 10.0 Å². The Labute approximate surface area is 191 Å². The van der Waals surface area contributed by atoms with Crippen molar-refractivity contribution < 1.29 is 8.42 Å². The summed E-state index contributed by atoms with van der Waals surface area (Å²) in [5.41, 5.74) is 1.80. The first kappa shape index (κ1) is 22.6. The quantitative estimate of drug-likeness (QED) is 0.652. The normalized spacial score (nSPS) is 19.4. The van der Waals surface area contributed by atoms with Crippen LogP contribution in [0.15, 0.2) is 53.4 Å². The summed E-state index contributed by atoms with van der Waals surface area (Å²) < 4.78 is 27.6. The molecule has 0 radical (unpaired) electrons. The number of nitrogens with zero attached hydrogens (tertiary/aromatic N) is 2. The topological polar surface area (TPSA) is 52.7 Å². The molecule has 4 rings (SSSR count). The van der Waals surface area contributed by atoms with E-state index in [1.54, 1.807) is 12.1 Å². The fourth-order valence-electron chi connectivity index (χ4n) is 4.65. The van der Waals surface area contributed by atoms with E-state index < -0.39 is 10.0 Å². The van der Waals surface area contributed by atoms with Gasteiger partial charge in [-0.05, 0) is 100 Å². The Morgan fingerprint density at radius 3 is 2.16 bits per heavy atom. The summed E-state index contributed by atoms with van der Waals surface area (Å²) in [7, 11) is -3.61. The molecule has 2 aromatic rings. The van der Waals surface area contributed by atoms with Crippen LogP contribution >= 0.6 is 11.6 Å². The van der Waals surface area contributed by atoms with E-state index in [1.807, 2.05) is 24.3 Å². The van der Waals surface area contributed by atoms with E-state index in [1.165, 1.54) is 76.0 Å². The van der Waals surface area contributed by atoms with Gasteiger partial charge in [0.2, 0.25) is 0 Å². The molecule has 2 saturated heterocycles. The number of likely N-dealkylation sites (tertiary alicyclic amines) is 2.